The second kappa shape index (κ2) is 10.1. The summed E-state index contributed by atoms with van der Waals surface area (Å²) in [6, 6.07) is 0.352. The monoisotopic (exact) mass is 567 g/mol. The van der Waals surface area contributed by atoms with Crippen LogP contribution in [0.3, 0.4) is 0 Å². The van der Waals surface area contributed by atoms with Gasteiger partial charge in [0.05, 0.1) is 11.0 Å². The molecule has 0 aromatic carbocycles. The van der Waals surface area contributed by atoms with Crippen molar-refractivity contribution in [1.29, 1.82) is 0 Å². The van der Waals surface area contributed by atoms with Crippen molar-refractivity contribution in [3.05, 3.63) is 29.1 Å². The summed E-state index contributed by atoms with van der Waals surface area (Å²) < 4.78 is 40.1. The van der Waals surface area contributed by atoms with E-state index in [1.54, 1.807) is 9.80 Å². The SMILES string of the molecule is CC(C)(C)CNC(=O)N1C[C@@H]2C[C@@H](N(C(=O)O)C(C)(C)C)C[C@]2(C(=O)N2CCc3ncc(C(F)(F)F)cc3C2)C1. The summed E-state index contributed by atoms with van der Waals surface area (Å²) in [6.45, 7) is 12.6. The normalized spacial score (nSPS) is 24.9. The molecule has 1 aromatic heterocycles. The van der Waals surface area contributed by atoms with Crippen LogP contribution in [0.15, 0.2) is 12.3 Å². The van der Waals surface area contributed by atoms with Gasteiger partial charge >= 0.3 is 18.3 Å². The molecule has 4 amide bonds. The Morgan fingerprint density at radius 2 is 1.82 bits per heavy atom. The van der Waals surface area contributed by atoms with E-state index < -0.39 is 34.8 Å². The average Bonchev–Trinajstić information content (AvgIpc) is 3.34. The molecule has 0 radical (unpaired) electrons. The fourth-order valence-electron chi connectivity index (χ4n) is 6.53. The minimum atomic E-state index is -4.55. The maximum atomic E-state index is 14.3. The first-order chi connectivity index (χ1) is 18.3. The number of amides is 4. The van der Waals surface area contributed by atoms with Gasteiger partial charge in [-0.25, -0.2) is 9.59 Å². The van der Waals surface area contributed by atoms with Gasteiger partial charge in [0.15, 0.2) is 0 Å². The average molecular weight is 568 g/mol. The highest BCUT2D eigenvalue weighted by Gasteiger charge is 2.61. The zero-order valence-corrected chi connectivity index (χ0v) is 24.1. The molecule has 0 spiro atoms. The molecule has 40 heavy (non-hydrogen) atoms. The van der Waals surface area contributed by atoms with Crippen molar-refractivity contribution in [3.8, 4) is 0 Å². The van der Waals surface area contributed by atoms with E-state index in [0.29, 0.717) is 43.7 Å². The molecular weight excluding hydrogens is 527 g/mol. The Hall–Kier alpha value is -3.05. The van der Waals surface area contributed by atoms with Gasteiger partial charge in [-0.2, -0.15) is 13.2 Å². The number of nitrogens with zero attached hydrogens (tertiary/aromatic N) is 4. The number of carbonyl (C=O) groups is 3. The zero-order valence-electron chi connectivity index (χ0n) is 24.1. The molecule has 4 rings (SSSR count). The van der Waals surface area contributed by atoms with Gasteiger partial charge in [0, 0.05) is 62.6 Å². The molecule has 2 N–H and O–H groups in total. The van der Waals surface area contributed by atoms with E-state index in [0.717, 1.165) is 12.3 Å². The number of halogens is 3. The van der Waals surface area contributed by atoms with E-state index in [1.807, 2.05) is 41.5 Å². The van der Waals surface area contributed by atoms with E-state index >= 15 is 0 Å². The minimum absolute atomic E-state index is 0.0115. The van der Waals surface area contributed by atoms with Gasteiger partial charge in [0.1, 0.15) is 0 Å². The summed E-state index contributed by atoms with van der Waals surface area (Å²) in [5.41, 5.74) is -1.83. The summed E-state index contributed by atoms with van der Waals surface area (Å²) in [7, 11) is 0. The Balaban J connectivity index is 1.63. The van der Waals surface area contributed by atoms with Crippen LogP contribution in [-0.2, 0) is 23.9 Å². The number of rotatable bonds is 3. The molecule has 222 valence electrons. The summed E-state index contributed by atoms with van der Waals surface area (Å²) >= 11 is 0. The van der Waals surface area contributed by atoms with Gasteiger partial charge in [0.25, 0.3) is 0 Å². The largest absolute Gasteiger partial charge is 0.465 e. The first kappa shape index (κ1) is 29.9. The highest BCUT2D eigenvalue weighted by atomic mass is 19.4. The zero-order chi connectivity index (χ0) is 29.8. The van der Waals surface area contributed by atoms with Crippen LogP contribution in [-0.4, -0.2) is 80.6 Å². The number of nitrogens with one attached hydrogen (secondary N) is 1. The van der Waals surface area contributed by atoms with Gasteiger partial charge in [-0.15, -0.1) is 0 Å². The van der Waals surface area contributed by atoms with Crippen molar-refractivity contribution in [2.45, 2.75) is 85.1 Å². The third-order valence-corrected chi connectivity index (χ3v) is 8.28. The molecule has 1 saturated carbocycles. The van der Waals surface area contributed by atoms with Crippen molar-refractivity contribution < 1.29 is 32.7 Å². The predicted molar refractivity (Wildman–Crippen MR) is 141 cm³/mol. The molecule has 9 nitrogen and oxygen atoms in total. The Kier molecular flexibility index (Phi) is 7.55. The van der Waals surface area contributed by atoms with Crippen LogP contribution < -0.4 is 5.32 Å². The number of likely N-dealkylation sites (tertiary alicyclic amines) is 1. The number of carbonyl (C=O) groups excluding carboxylic acids is 2. The number of fused-ring (bicyclic) bond motifs is 2. The quantitative estimate of drug-likeness (QED) is 0.556. The van der Waals surface area contributed by atoms with Gasteiger partial charge in [-0.1, -0.05) is 20.8 Å². The van der Waals surface area contributed by atoms with Crippen molar-refractivity contribution in [1.82, 2.24) is 25.0 Å². The molecule has 3 heterocycles. The van der Waals surface area contributed by atoms with Crippen LogP contribution in [0, 0.1) is 16.7 Å². The second-order valence-corrected chi connectivity index (χ2v) is 13.7. The lowest BCUT2D eigenvalue weighted by Crippen LogP contribution is -2.53. The third-order valence-electron chi connectivity index (χ3n) is 8.28. The van der Waals surface area contributed by atoms with Crippen molar-refractivity contribution >= 4 is 18.0 Å². The van der Waals surface area contributed by atoms with E-state index in [4.69, 9.17) is 0 Å². The summed E-state index contributed by atoms with van der Waals surface area (Å²) in [4.78, 5) is 48.3. The van der Waals surface area contributed by atoms with E-state index in [9.17, 15) is 32.7 Å². The standard InChI is InChI=1S/C28H40F3N5O4/c1-25(2,3)15-33-23(38)35-14-19-10-20(36(24(39)40)26(4,5)6)11-27(19,16-35)22(37)34-8-7-21-17(13-34)9-18(12-32-21)28(29,30)31/h9,12,19-20H,7-8,10-11,13-16H2,1-6H3,(H,33,38)(H,39,40)/t19-,20+,27-/m0/s1. The molecule has 3 aliphatic rings. The number of urea groups is 1. The fraction of sp³-hybridized carbons (Fsp3) is 0.714. The Morgan fingerprint density at radius 1 is 1.15 bits per heavy atom. The molecule has 12 heteroatoms. The van der Waals surface area contributed by atoms with Crippen LogP contribution in [0.25, 0.3) is 0 Å². The predicted octanol–water partition coefficient (Wildman–Crippen LogP) is 4.60. The highest BCUT2D eigenvalue weighted by molar-refractivity contribution is 5.86. The van der Waals surface area contributed by atoms with E-state index in [-0.39, 0.29) is 42.8 Å². The number of hydrogen-bond acceptors (Lipinski definition) is 4. The third kappa shape index (κ3) is 5.85. The molecule has 2 aliphatic heterocycles. The molecule has 1 aliphatic carbocycles. The maximum absolute atomic E-state index is 14.3. The molecule has 0 bridgehead atoms. The molecule has 1 aromatic rings. The van der Waals surface area contributed by atoms with Crippen molar-refractivity contribution in [2.75, 3.05) is 26.2 Å². The fourth-order valence-corrected chi connectivity index (χ4v) is 6.53. The molecule has 3 atom stereocenters. The van der Waals surface area contributed by atoms with Crippen LogP contribution in [0.1, 0.15) is 71.2 Å². The van der Waals surface area contributed by atoms with E-state index in [2.05, 4.69) is 10.3 Å². The topological polar surface area (TPSA) is 106 Å². The maximum Gasteiger partial charge on any atom is 0.417 e. The lowest BCUT2D eigenvalue weighted by Gasteiger charge is -2.40. The lowest BCUT2D eigenvalue weighted by atomic mass is 9.78. The number of carboxylic acid groups (broad SMARTS) is 1. The molecule has 2 fully saturated rings. The van der Waals surface area contributed by atoms with E-state index in [1.165, 1.54) is 4.90 Å². The first-order valence-corrected chi connectivity index (χ1v) is 13.7. The van der Waals surface area contributed by atoms with Gasteiger partial charge in [-0.3, -0.25) is 9.78 Å². The van der Waals surface area contributed by atoms with Crippen molar-refractivity contribution in [3.63, 3.8) is 0 Å². The van der Waals surface area contributed by atoms with Crippen LogP contribution in [0.2, 0.25) is 0 Å². The highest BCUT2D eigenvalue weighted by Crippen LogP contribution is 2.52. The second-order valence-electron chi connectivity index (χ2n) is 13.7. The van der Waals surface area contributed by atoms with Crippen LogP contribution >= 0.6 is 0 Å². The smallest absolute Gasteiger partial charge is 0.417 e. The summed E-state index contributed by atoms with van der Waals surface area (Å²) in [5, 5.41) is 13.0. The van der Waals surface area contributed by atoms with Gasteiger partial charge in [0.2, 0.25) is 5.91 Å². The molecule has 0 unspecified atom stereocenters. The Morgan fingerprint density at radius 3 is 2.40 bits per heavy atom. The van der Waals surface area contributed by atoms with Crippen molar-refractivity contribution in [2.24, 2.45) is 16.7 Å². The number of hydrogen-bond donors (Lipinski definition) is 2. The number of aromatic nitrogens is 1. The summed E-state index contributed by atoms with van der Waals surface area (Å²) in [6.07, 6.45) is -3.81. The number of pyridine rings is 1. The first-order valence-electron chi connectivity index (χ1n) is 13.7. The Labute approximate surface area is 233 Å². The van der Waals surface area contributed by atoms with Gasteiger partial charge in [-0.05, 0) is 56.6 Å². The lowest BCUT2D eigenvalue weighted by molar-refractivity contribution is -0.144. The Bertz CT molecular complexity index is 1180. The minimum Gasteiger partial charge on any atom is -0.465 e. The van der Waals surface area contributed by atoms with Gasteiger partial charge < -0.3 is 25.1 Å². The van der Waals surface area contributed by atoms with Crippen LogP contribution in [0.4, 0.5) is 22.8 Å². The number of alkyl halides is 3. The molecular formula is C28H40F3N5O4. The summed E-state index contributed by atoms with van der Waals surface area (Å²) in [5.74, 6) is -0.524. The molecule has 1 saturated heterocycles. The van der Waals surface area contributed by atoms with Crippen LogP contribution in [0.5, 0.6) is 0 Å².